The van der Waals surface area contributed by atoms with Crippen LogP contribution in [0.15, 0.2) is 10.6 Å². The zero-order chi connectivity index (χ0) is 13.8. The fourth-order valence-electron chi connectivity index (χ4n) is 2.41. The number of methoxy groups -OCH3 is 1. The van der Waals surface area contributed by atoms with E-state index in [1.807, 2.05) is 11.8 Å². The molecule has 20 heavy (non-hydrogen) atoms. The molecule has 2 atom stereocenters. The summed E-state index contributed by atoms with van der Waals surface area (Å²) < 4.78 is 9.98. The summed E-state index contributed by atoms with van der Waals surface area (Å²) in [5.74, 6) is 0.839. The average molecular weight is 304 g/mol. The van der Waals surface area contributed by atoms with Crippen LogP contribution in [0.5, 0.6) is 0 Å². The third-order valence-corrected chi connectivity index (χ3v) is 3.55. The van der Waals surface area contributed by atoms with E-state index in [-0.39, 0.29) is 24.4 Å². The first-order chi connectivity index (χ1) is 9.11. The predicted molar refractivity (Wildman–Crippen MR) is 76.7 cm³/mol. The molecule has 0 radical (unpaired) electrons. The van der Waals surface area contributed by atoms with Crippen LogP contribution in [0.3, 0.4) is 0 Å². The van der Waals surface area contributed by atoms with E-state index in [2.05, 4.69) is 5.16 Å². The number of hydrogen-bond donors (Lipinski definition) is 1. The lowest BCUT2D eigenvalue weighted by atomic mass is 9.92. The highest BCUT2D eigenvalue weighted by Crippen LogP contribution is 2.20. The van der Waals surface area contributed by atoms with Gasteiger partial charge in [0.2, 0.25) is 0 Å². The van der Waals surface area contributed by atoms with Gasteiger partial charge >= 0.3 is 0 Å². The second kappa shape index (κ2) is 7.61. The van der Waals surface area contributed by atoms with Gasteiger partial charge in [0.15, 0.2) is 11.5 Å². The molecule has 0 aliphatic carbocycles. The van der Waals surface area contributed by atoms with Gasteiger partial charge in [-0.3, -0.25) is 4.79 Å². The summed E-state index contributed by atoms with van der Waals surface area (Å²) in [7, 11) is 1.57. The van der Waals surface area contributed by atoms with Crippen molar-refractivity contribution in [1.29, 1.82) is 0 Å². The molecule has 2 N–H and O–H groups in total. The smallest absolute Gasteiger partial charge is 0.276 e. The Balaban J connectivity index is 0.00000200. The largest absolute Gasteiger partial charge is 0.377 e. The number of amides is 1. The van der Waals surface area contributed by atoms with Crippen LogP contribution in [0.1, 0.15) is 36.0 Å². The van der Waals surface area contributed by atoms with Crippen molar-refractivity contribution < 1.29 is 14.1 Å². The van der Waals surface area contributed by atoms with Crippen molar-refractivity contribution in [3.05, 3.63) is 17.5 Å². The molecule has 7 heteroatoms. The van der Waals surface area contributed by atoms with Gasteiger partial charge in [0, 0.05) is 32.3 Å². The molecule has 1 saturated heterocycles. The Labute approximate surface area is 125 Å². The molecule has 6 nitrogen and oxygen atoms in total. The van der Waals surface area contributed by atoms with Crippen LogP contribution in [0.25, 0.3) is 0 Å². The van der Waals surface area contributed by atoms with E-state index in [0.717, 1.165) is 19.4 Å². The lowest BCUT2D eigenvalue weighted by Gasteiger charge is -2.34. The Kier molecular flexibility index (Phi) is 6.45. The molecule has 1 aromatic heterocycles. The summed E-state index contributed by atoms with van der Waals surface area (Å²) in [5.41, 5.74) is 6.27. The van der Waals surface area contributed by atoms with Crippen LogP contribution in [0.4, 0.5) is 0 Å². The molecular weight excluding hydrogens is 282 g/mol. The topological polar surface area (TPSA) is 81.6 Å². The first-order valence-electron chi connectivity index (χ1n) is 6.61. The van der Waals surface area contributed by atoms with Crippen molar-refractivity contribution >= 4 is 18.3 Å². The maximum Gasteiger partial charge on any atom is 0.276 e. The van der Waals surface area contributed by atoms with Crippen LogP contribution < -0.4 is 5.73 Å². The van der Waals surface area contributed by atoms with E-state index in [4.69, 9.17) is 15.0 Å². The number of carbonyl (C=O) groups excluding carboxylic acids is 1. The number of piperidine rings is 1. The standard InChI is InChI=1S/C13H21N3O3.ClH/c1-9(14)10-4-3-5-16(7-10)13(17)12-6-11(8-18-2)19-15-12;/h6,9-10H,3-5,7-8,14H2,1-2H3;1H. The second-order valence-corrected chi connectivity index (χ2v) is 5.12. The summed E-state index contributed by atoms with van der Waals surface area (Å²) in [5, 5.41) is 3.80. The number of halogens is 1. The number of hydrogen-bond acceptors (Lipinski definition) is 5. The summed E-state index contributed by atoms with van der Waals surface area (Å²) >= 11 is 0. The van der Waals surface area contributed by atoms with Gasteiger partial charge in [-0.2, -0.15) is 0 Å². The molecule has 1 aliphatic heterocycles. The second-order valence-electron chi connectivity index (χ2n) is 5.12. The lowest BCUT2D eigenvalue weighted by Crippen LogP contribution is -2.45. The van der Waals surface area contributed by atoms with E-state index in [1.165, 1.54) is 0 Å². The van der Waals surface area contributed by atoms with Gasteiger partial charge < -0.3 is 19.9 Å². The minimum atomic E-state index is -0.0866. The minimum Gasteiger partial charge on any atom is -0.377 e. The molecule has 1 aromatic rings. The number of likely N-dealkylation sites (tertiary alicyclic amines) is 1. The lowest BCUT2D eigenvalue weighted by molar-refractivity contribution is 0.0650. The Hall–Kier alpha value is -1.11. The summed E-state index contributed by atoms with van der Waals surface area (Å²) in [4.78, 5) is 14.1. The van der Waals surface area contributed by atoms with Crippen LogP contribution in [0, 0.1) is 5.92 Å². The first-order valence-corrected chi connectivity index (χ1v) is 6.61. The van der Waals surface area contributed by atoms with Gasteiger partial charge in [0.25, 0.3) is 5.91 Å². The van der Waals surface area contributed by atoms with Crippen LogP contribution in [-0.4, -0.2) is 42.2 Å². The highest BCUT2D eigenvalue weighted by molar-refractivity contribution is 5.92. The summed E-state index contributed by atoms with van der Waals surface area (Å²) in [6.07, 6.45) is 2.07. The van der Waals surface area contributed by atoms with Gasteiger partial charge in [-0.1, -0.05) is 5.16 Å². The van der Waals surface area contributed by atoms with Crippen LogP contribution in [-0.2, 0) is 11.3 Å². The molecule has 2 rings (SSSR count). The highest BCUT2D eigenvalue weighted by atomic mass is 35.5. The first kappa shape index (κ1) is 16.9. The van der Waals surface area contributed by atoms with Crippen molar-refractivity contribution in [1.82, 2.24) is 10.1 Å². The molecule has 1 fully saturated rings. The Morgan fingerprint density at radius 3 is 3.10 bits per heavy atom. The predicted octanol–water partition coefficient (Wildman–Crippen LogP) is 1.44. The minimum absolute atomic E-state index is 0. The van der Waals surface area contributed by atoms with Gasteiger partial charge in [-0.05, 0) is 25.7 Å². The van der Waals surface area contributed by atoms with Crippen molar-refractivity contribution in [2.24, 2.45) is 11.7 Å². The van der Waals surface area contributed by atoms with E-state index in [1.54, 1.807) is 13.2 Å². The molecule has 1 aliphatic rings. The van der Waals surface area contributed by atoms with Crippen molar-refractivity contribution in [2.75, 3.05) is 20.2 Å². The number of ether oxygens (including phenoxy) is 1. The van der Waals surface area contributed by atoms with Gasteiger partial charge in [-0.15, -0.1) is 12.4 Å². The Morgan fingerprint density at radius 1 is 1.70 bits per heavy atom. The Bertz CT molecular complexity index is 436. The van der Waals surface area contributed by atoms with Crippen molar-refractivity contribution in [3.8, 4) is 0 Å². The van der Waals surface area contributed by atoms with Gasteiger partial charge in [-0.25, -0.2) is 0 Å². The van der Waals surface area contributed by atoms with Crippen LogP contribution in [0.2, 0.25) is 0 Å². The van der Waals surface area contributed by atoms with Crippen molar-refractivity contribution in [3.63, 3.8) is 0 Å². The third-order valence-electron chi connectivity index (χ3n) is 3.55. The number of aromatic nitrogens is 1. The maximum atomic E-state index is 12.3. The van der Waals surface area contributed by atoms with Gasteiger partial charge in [0.1, 0.15) is 6.61 Å². The third kappa shape index (κ3) is 3.94. The quantitative estimate of drug-likeness (QED) is 0.910. The molecule has 2 unspecified atom stereocenters. The van der Waals surface area contributed by atoms with E-state index in [9.17, 15) is 4.79 Å². The van der Waals surface area contributed by atoms with Gasteiger partial charge in [0.05, 0.1) is 0 Å². The monoisotopic (exact) mass is 303 g/mol. The summed E-state index contributed by atoms with van der Waals surface area (Å²) in [6, 6.07) is 1.75. The molecule has 0 saturated carbocycles. The molecule has 0 aromatic carbocycles. The van der Waals surface area contributed by atoms with Crippen molar-refractivity contribution in [2.45, 2.75) is 32.4 Å². The van der Waals surface area contributed by atoms with E-state index >= 15 is 0 Å². The zero-order valence-corrected chi connectivity index (χ0v) is 12.7. The molecule has 2 heterocycles. The van der Waals surface area contributed by atoms with E-state index < -0.39 is 0 Å². The fraction of sp³-hybridized carbons (Fsp3) is 0.692. The number of rotatable bonds is 4. The SMILES string of the molecule is COCc1cc(C(=O)N2CCCC(C(C)N)C2)no1.Cl. The summed E-state index contributed by atoms with van der Waals surface area (Å²) in [6.45, 7) is 3.77. The number of nitrogens with two attached hydrogens (primary N) is 1. The molecule has 1 amide bonds. The fourth-order valence-corrected chi connectivity index (χ4v) is 2.41. The number of nitrogens with zero attached hydrogens (tertiary/aromatic N) is 2. The molecule has 0 bridgehead atoms. The van der Waals surface area contributed by atoms with Crippen LogP contribution >= 0.6 is 12.4 Å². The maximum absolute atomic E-state index is 12.3. The van der Waals surface area contributed by atoms with E-state index in [0.29, 0.717) is 30.5 Å². The zero-order valence-electron chi connectivity index (χ0n) is 11.9. The highest BCUT2D eigenvalue weighted by Gasteiger charge is 2.28. The average Bonchev–Trinajstić information content (AvgIpc) is 2.87. The molecular formula is C13H22ClN3O3. The number of carbonyl (C=O) groups is 1. The molecule has 0 spiro atoms. The molecule has 114 valence electrons. The Morgan fingerprint density at radius 2 is 2.45 bits per heavy atom. The normalized spacial score (nSPS) is 20.4.